The number of aromatic nitrogens is 3. The highest BCUT2D eigenvalue weighted by atomic mass is 16.4. The summed E-state index contributed by atoms with van der Waals surface area (Å²) in [7, 11) is 0. The van der Waals surface area contributed by atoms with E-state index < -0.39 is 18.5 Å². The zero-order valence-corrected chi connectivity index (χ0v) is 10.5. The molecule has 0 saturated carbocycles. The fourth-order valence-corrected chi connectivity index (χ4v) is 1.42. The molecule has 0 aliphatic rings. The van der Waals surface area contributed by atoms with Crippen molar-refractivity contribution in [2.24, 2.45) is 0 Å². The van der Waals surface area contributed by atoms with Gasteiger partial charge in [0, 0.05) is 6.54 Å². The molecule has 2 N–H and O–H groups in total. The first-order chi connectivity index (χ1) is 9.08. The molecule has 0 unspecified atom stereocenters. The number of hydrogen-bond donors (Lipinski definition) is 2. The standard InChI is InChI=1S/C11H15N5O3/c1-3-5-16(7-10(17)18)11(19)12-6-9-14-13-8-15(9)4-2/h1,8H,4-7H2,2H3,(H,12,19)(H,17,18). The summed E-state index contributed by atoms with van der Waals surface area (Å²) < 4.78 is 1.77. The fraction of sp³-hybridized carbons (Fsp3) is 0.455. The first-order valence-electron chi connectivity index (χ1n) is 5.63. The molecule has 2 amide bonds. The Balaban J connectivity index is 2.57. The van der Waals surface area contributed by atoms with Gasteiger partial charge in [-0.25, -0.2) is 4.79 Å². The lowest BCUT2D eigenvalue weighted by Crippen LogP contribution is -2.43. The number of carbonyl (C=O) groups excluding carboxylic acids is 1. The highest BCUT2D eigenvalue weighted by molar-refractivity contribution is 5.80. The molecule has 8 nitrogen and oxygen atoms in total. The molecule has 8 heteroatoms. The van der Waals surface area contributed by atoms with Crippen LogP contribution < -0.4 is 5.32 Å². The number of urea groups is 1. The molecule has 0 atom stereocenters. The maximum Gasteiger partial charge on any atom is 0.323 e. The third kappa shape index (κ3) is 4.31. The second-order valence-electron chi connectivity index (χ2n) is 3.65. The van der Waals surface area contributed by atoms with Crippen molar-refractivity contribution < 1.29 is 14.7 Å². The van der Waals surface area contributed by atoms with E-state index in [9.17, 15) is 9.59 Å². The van der Waals surface area contributed by atoms with Crippen molar-refractivity contribution in [3.05, 3.63) is 12.2 Å². The number of terminal acetylenes is 1. The highest BCUT2D eigenvalue weighted by Crippen LogP contribution is 1.96. The Hall–Kier alpha value is -2.56. The number of nitrogens with one attached hydrogen (secondary N) is 1. The molecule has 1 rings (SSSR count). The Bertz CT molecular complexity index is 491. The molecular weight excluding hydrogens is 250 g/mol. The van der Waals surface area contributed by atoms with Gasteiger partial charge in [0.05, 0.1) is 13.1 Å². The number of aliphatic carboxylic acids is 1. The van der Waals surface area contributed by atoms with Crippen LogP contribution in [0, 0.1) is 12.3 Å². The second kappa shape index (κ2) is 7.00. The highest BCUT2D eigenvalue weighted by Gasteiger charge is 2.16. The second-order valence-corrected chi connectivity index (χ2v) is 3.65. The number of hydrogen-bond acceptors (Lipinski definition) is 4. The molecule has 19 heavy (non-hydrogen) atoms. The number of nitrogens with zero attached hydrogens (tertiary/aromatic N) is 4. The monoisotopic (exact) mass is 265 g/mol. The quantitative estimate of drug-likeness (QED) is 0.677. The minimum atomic E-state index is -1.12. The smallest absolute Gasteiger partial charge is 0.323 e. The minimum Gasteiger partial charge on any atom is -0.480 e. The third-order valence-corrected chi connectivity index (χ3v) is 2.33. The maximum absolute atomic E-state index is 11.8. The van der Waals surface area contributed by atoms with Gasteiger partial charge < -0.3 is 19.9 Å². The van der Waals surface area contributed by atoms with Crippen molar-refractivity contribution in [1.82, 2.24) is 25.0 Å². The molecule has 0 saturated heterocycles. The predicted molar refractivity (Wildman–Crippen MR) is 66.0 cm³/mol. The lowest BCUT2D eigenvalue weighted by atomic mass is 10.5. The van der Waals surface area contributed by atoms with Gasteiger partial charge in [0.15, 0.2) is 5.82 Å². The Labute approximate surface area is 110 Å². The molecule has 1 aromatic rings. The van der Waals surface area contributed by atoms with Crippen LogP contribution in [0.3, 0.4) is 0 Å². The largest absolute Gasteiger partial charge is 0.480 e. The molecule has 0 fully saturated rings. The molecule has 0 radical (unpaired) electrons. The van der Waals surface area contributed by atoms with Gasteiger partial charge in [-0.05, 0) is 6.92 Å². The van der Waals surface area contributed by atoms with Gasteiger partial charge in [0.25, 0.3) is 0 Å². The summed E-state index contributed by atoms with van der Waals surface area (Å²) >= 11 is 0. The number of rotatable bonds is 6. The Morgan fingerprint density at radius 1 is 1.63 bits per heavy atom. The molecule has 0 spiro atoms. The molecule has 0 aliphatic carbocycles. The van der Waals surface area contributed by atoms with Crippen LogP contribution in [0.15, 0.2) is 6.33 Å². The van der Waals surface area contributed by atoms with Gasteiger partial charge >= 0.3 is 12.0 Å². The van der Waals surface area contributed by atoms with Gasteiger partial charge in [-0.1, -0.05) is 5.92 Å². The van der Waals surface area contributed by atoms with E-state index in [4.69, 9.17) is 11.5 Å². The van der Waals surface area contributed by atoms with Crippen LogP contribution in [0.1, 0.15) is 12.7 Å². The average Bonchev–Trinajstić information content (AvgIpc) is 2.82. The van der Waals surface area contributed by atoms with E-state index >= 15 is 0 Å². The van der Waals surface area contributed by atoms with Crippen LogP contribution in [0.25, 0.3) is 0 Å². The van der Waals surface area contributed by atoms with Gasteiger partial charge in [-0.2, -0.15) is 0 Å². The first-order valence-corrected chi connectivity index (χ1v) is 5.63. The van der Waals surface area contributed by atoms with E-state index in [0.717, 1.165) is 4.90 Å². The topological polar surface area (TPSA) is 100 Å². The third-order valence-electron chi connectivity index (χ3n) is 2.33. The summed E-state index contributed by atoms with van der Waals surface area (Å²) in [5.74, 6) is 1.71. The van der Waals surface area contributed by atoms with Crippen LogP contribution >= 0.6 is 0 Å². The summed E-state index contributed by atoms with van der Waals surface area (Å²) in [5, 5.41) is 18.8. The van der Waals surface area contributed by atoms with Crippen LogP contribution in [-0.2, 0) is 17.9 Å². The lowest BCUT2D eigenvalue weighted by Gasteiger charge is -2.18. The van der Waals surface area contributed by atoms with Crippen molar-refractivity contribution in [2.75, 3.05) is 13.1 Å². The molecule has 0 bridgehead atoms. The summed E-state index contributed by atoms with van der Waals surface area (Å²) in [6.45, 7) is 2.24. The van der Waals surface area contributed by atoms with Crippen molar-refractivity contribution in [3.8, 4) is 12.3 Å². The maximum atomic E-state index is 11.8. The van der Waals surface area contributed by atoms with Crippen molar-refractivity contribution in [3.63, 3.8) is 0 Å². The van der Waals surface area contributed by atoms with Crippen molar-refractivity contribution >= 4 is 12.0 Å². The minimum absolute atomic E-state index is 0.0708. The van der Waals surface area contributed by atoms with Gasteiger partial charge in [0.2, 0.25) is 0 Å². The van der Waals surface area contributed by atoms with E-state index in [-0.39, 0.29) is 13.1 Å². The number of aryl methyl sites for hydroxylation is 1. The Morgan fingerprint density at radius 3 is 2.95 bits per heavy atom. The van der Waals surface area contributed by atoms with Crippen LogP contribution in [0.5, 0.6) is 0 Å². The summed E-state index contributed by atoms with van der Waals surface area (Å²) in [4.78, 5) is 23.4. The lowest BCUT2D eigenvalue weighted by molar-refractivity contribution is -0.137. The van der Waals surface area contributed by atoms with Gasteiger partial charge in [-0.3, -0.25) is 4.79 Å². The SMILES string of the molecule is C#CCN(CC(=O)O)C(=O)NCc1nncn1CC. The number of carbonyl (C=O) groups is 2. The van der Waals surface area contributed by atoms with E-state index in [1.54, 1.807) is 10.9 Å². The van der Waals surface area contributed by atoms with Crippen LogP contribution in [0.4, 0.5) is 4.79 Å². The summed E-state index contributed by atoms with van der Waals surface area (Å²) in [6, 6.07) is -0.550. The van der Waals surface area contributed by atoms with Crippen LogP contribution in [-0.4, -0.2) is 49.9 Å². The van der Waals surface area contributed by atoms with Crippen molar-refractivity contribution in [1.29, 1.82) is 0 Å². The fourth-order valence-electron chi connectivity index (χ4n) is 1.42. The Kier molecular flexibility index (Phi) is 5.35. The molecular formula is C11H15N5O3. The van der Waals surface area contributed by atoms with Gasteiger partial charge in [0.1, 0.15) is 12.9 Å². The summed E-state index contributed by atoms with van der Waals surface area (Å²) in [6.07, 6.45) is 6.64. The first kappa shape index (κ1) is 14.5. The summed E-state index contributed by atoms with van der Waals surface area (Å²) in [5.41, 5.74) is 0. The Morgan fingerprint density at radius 2 is 2.37 bits per heavy atom. The van der Waals surface area contributed by atoms with E-state index in [1.807, 2.05) is 6.92 Å². The van der Waals surface area contributed by atoms with E-state index in [1.165, 1.54) is 0 Å². The molecule has 1 aromatic heterocycles. The number of carboxylic acids is 1. The zero-order valence-electron chi connectivity index (χ0n) is 10.5. The normalized spacial score (nSPS) is 9.68. The predicted octanol–water partition coefficient (Wildman–Crippen LogP) is -0.473. The van der Waals surface area contributed by atoms with E-state index in [0.29, 0.717) is 12.4 Å². The van der Waals surface area contributed by atoms with E-state index in [2.05, 4.69) is 21.4 Å². The average molecular weight is 265 g/mol. The van der Waals surface area contributed by atoms with Gasteiger partial charge in [-0.15, -0.1) is 16.6 Å². The molecule has 102 valence electrons. The van der Waals surface area contributed by atoms with Crippen molar-refractivity contribution in [2.45, 2.75) is 20.0 Å². The number of carboxylic acid groups (broad SMARTS) is 1. The van der Waals surface area contributed by atoms with Crippen LogP contribution in [0.2, 0.25) is 0 Å². The molecule has 0 aromatic carbocycles. The molecule has 1 heterocycles. The zero-order chi connectivity index (χ0) is 14.3. The molecule has 0 aliphatic heterocycles. The number of amides is 2.